The molecule has 0 spiro atoms. The molecule has 0 unspecified atom stereocenters. The number of aromatic nitrogens is 3. The van der Waals surface area contributed by atoms with E-state index in [-0.39, 0.29) is 5.75 Å². The highest BCUT2D eigenvalue weighted by Gasteiger charge is 2.08. The molecule has 1 N–H and O–H groups in total. The molecule has 2 aromatic heterocycles. The van der Waals surface area contributed by atoms with Crippen molar-refractivity contribution in [1.29, 1.82) is 0 Å². The van der Waals surface area contributed by atoms with Crippen LogP contribution in [0.4, 0.5) is 0 Å². The zero-order chi connectivity index (χ0) is 10.8. The lowest BCUT2D eigenvalue weighted by atomic mass is 10.4. The Hall–Kier alpha value is -1.56. The summed E-state index contributed by atoms with van der Waals surface area (Å²) in [7, 11) is 1.89. The summed E-state index contributed by atoms with van der Waals surface area (Å²) in [4.78, 5) is 18.7. The van der Waals surface area contributed by atoms with Crippen LogP contribution in [0.25, 0.3) is 11.0 Å². The lowest BCUT2D eigenvalue weighted by Crippen LogP contribution is -1.98. The number of pyridine rings is 1. The lowest BCUT2D eigenvalue weighted by molar-refractivity contribution is -0.133. The van der Waals surface area contributed by atoms with Crippen molar-refractivity contribution in [3.63, 3.8) is 0 Å². The third-order valence-electron chi connectivity index (χ3n) is 1.94. The first-order chi connectivity index (χ1) is 7.18. The summed E-state index contributed by atoms with van der Waals surface area (Å²) in [5.41, 5.74) is 1.71. The highest BCUT2D eigenvalue weighted by Crippen LogP contribution is 2.23. The minimum Gasteiger partial charge on any atom is -0.481 e. The molecule has 0 atom stereocenters. The number of carboxylic acids is 1. The van der Waals surface area contributed by atoms with Gasteiger partial charge in [-0.3, -0.25) is 4.79 Å². The van der Waals surface area contributed by atoms with Crippen molar-refractivity contribution in [2.75, 3.05) is 5.75 Å². The first-order valence-electron chi connectivity index (χ1n) is 4.29. The standard InChI is InChI=1S/C9H9N3O2S/c1-12-5-11-8-6(12)2-3-10-9(8)15-4-7(13)14/h2-3,5H,4H2,1H3,(H,13,14). The van der Waals surface area contributed by atoms with Crippen LogP contribution in [0.1, 0.15) is 0 Å². The quantitative estimate of drug-likeness (QED) is 0.790. The van der Waals surface area contributed by atoms with E-state index in [9.17, 15) is 4.79 Å². The maximum atomic E-state index is 10.4. The van der Waals surface area contributed by atoms with Crippen LogP contribution in [-0.2, 0) is 11.8 Å². The Labute approximate surface area is 90.1 Å². The number of fused-ring (bicyclic) bond motifs is 1. The Bertz CT molecular complexity index is 509. The average Bonchev–Trinajstić information content (AvgIpc) is 2.58. The van der Waals surface area contributed by atoms with E-state index in [4.69, 9.17) is 5.11 Å². The van der Waals surface area contributed by atoms with Crippen molar-refractivity contribution in [3.05, 3.63) is 18.6 Å². The van der Waals surface area contributed by atoms with Gasteiger partial charge in [0.25, 0.3) is 0 Å². The van der Waals surface area contributed by atoms with Gasteiger partial charge in [-0.1, -0.05) is 11.8 Å². The second kappa shape index (κ2) is 3.90. The largest absolute Gasteiger partial charge is 0.481 e. The molecule has 15 heavy (non-hydrogen) atoms. The molecule has 2 aromatic rings. The molecular weight excluding hydrogens is 214 g/mol. The number of aliphatic carboxylic acids is 1. The second-order valence-corrected chi connectivity index (χ2v) is 3.99. The topological polar surface area (TPSA) is 68.0 Å². The van der Waals surface area contributed by atoms with E-state index in [2.05, 4.69) is 9.97 Å². The van der Waals surface area contributed by atoms with Crippen LogP contribution in [0.3, 0.4) is 0 Å². The Morgan fingerprint density at radius 1 is 1.60 bits per heavy atom. The third kappa shape index (κ3) is 1.94. The van der Waals surface area contributed by atoms with E-state index in [1.807, 2.05) is 17.7 Å². The number of hydrogen-bond donors (Lipinski definition) is 1. The summed E-state index contributed by atoms with van der Waals surface area (Å²) in [6.45, 7) is 0. The predicted octanol–water partition coefficient (Wildman–Crippen LogP) is 1.14. The fourth-order valence-corrected chi connectivity index (χ4v) is 1.96. The molecule has 0 bridgehead atoms. The van der Waals surface area contributed by atoms with Gasteiger partial charge in [0, 0.05) is 13.2 Å². The van der Waals surface area contributed by atoms with Gasteiger partial charge in [-0.15, -0.1) is 0 Å². The van der Waals surface area contributed by atoms with Crippen molar-refractivity contribution < 1.29 is 9.90 Å². The second-order valence-electron chi connectivity index (χ2n) is 3.02. The fraction of sp³-hybridized carbons (Fsp3) is 0.222. The summed E-state index contributed by atoms with van der Waals surface area (Å²) >= 11 is 1.18. The maximum Gasteiger partial charge on any atom is 0.313 e. The predicted molar refractivity (Wildman–Crippen MR) is 56.9 cm³/mol. The van der Waals surface area contributed by atoms with Gasteiger partial charge >= 0.3 is 5.97 Å². The van der Waals surface area contributed by atoms with E-state index in [0.717, 1.165) is 11.0 Å². The molecule has 2 heterocycles. The zero-order valence-corrected chi connectivity index (χ0v) is 8.86. The number of aryl methyl sites for hydroxylation is 1. The van der Waals surface area contributed by atoms with E-state index in [1.54, 1.807) is 12.5 Å². The van der Waals surface area contributed by atoms with E-state index in [1.165, 1.54) is 11.8 Å². The monoisotopic (exact) mass is 223 g/mol. The molecule has 0 saturated heterocycles. The van der Waals surface area contributed by atoms with Crippen LogP contribution in [0.5, 0.6) is 0 Å². The molecule has 0 aliphatic carbocycles. The minimum absolute atomic E-state index is 0.00267. The summed E-state index contributed by atoms with van der Waals surface area (Å²) < 4.78 is 1.88. The molecule has 0 saturated carbocycles. The lowest BCUT2D eigenvalue weighted by Gasteiger charge is -1.99. The Balaban J connectivity index is 2.38. The van der Waals surface area contributed by atoms with Gasteiger partial charge in [0.05, 0.1) is 17.6 Å². The minimum atomic E-state index is -0.852. The molecule has 78 valence electrons. The van der Waals surface area contributed by atoms with E-state index < -0.39 is 5.97 Å². The van der Waals surface area contributed by atoms with E-state index >= 15 is 0 Å². The normalized spacial score (nSPS) is 10.7. The average molecular weight is 223 g/mol. The highest BCUT2D eigenvalue weighted by atomic mass is 32.2. The molecule has 5 nitrogen and oxygen atoms in total. The van der Waals surface area contributed by atoms with Crippen molar-refractivity contribution in [1.82, 2.24) is 14.5 Å². The van der Waals surface area contributed by atoms with Gasteiger partial charge in [0.15, 0.2) is 0 Å². The van der Waals surface area contributed by atoms with Crippen LogP contribution < -0.4 is 0 Å². The number of hydrogen-bond acceptors (Lipinski definition) is 4. The molecule has 2 rings (SSSR count). The molecular formula is C9H9N3O2S. The number of carbonyl (C=O) groups is 1. The Morgan fingerprint density at radius 3 is 3.13 bits per heavy atom. The van der Waals surface area contributed by atoms with Gasteiger partial charge in [-0.25, -0.2) is 9.97 Å². The van der Waals surface area contributed by atoms with Crippen molar-refractivity contribution in [2.45, 2.75) is 5.03 Å². The van der Waals surface area contributed by atoms with Crippen LogP contribution in [0, 0.1) is 0 Å². The van der Waals surface area contributed by atoms with Gasteiger partial charge in [0.2, 0.25) is 0 Å². The molecule has 0 fully saturated rings. The summed E-state index contributed by atoms with van der Waals surface area (Å²) in [5.74, 6) is -0.849. The first-order valence-corrected chi connectivity index (χ1v) is 5.27. The number of thioether (sulfide) groups is 1. The van der Waals surface area contributed by atoms with Crippen LogP contribution in [0.15, 0.2) is 23.6 Å². The van der Waals surface area contributed by atoms with Gasteiger partial charge in [-0.2, -0.15) is 0 Å². The van der Waals surface area contributed by atoms with Gasteiger partial charge in [0.1, 0.15) is 10.5 Å². The summed E-state index contributed by atoms with van der Waals surface area (Å²) in [6, 6.07) is 1.85. The van der Waals surface area contributed by atoms with E-state index in [0.29, 0.717) is 5.03 Å². The smallest absolute Gasteiger partial charge is 0.313 e. The summed E-state index contributed by atoms with van der Waals surface area (Å²) in [5, 5.41) is 9.24. The van der Waals surface area contributed by atoms with Crippen molar-refractivity contribution >= 4 is 28.8 Å². The fourth-order valence-electron chi connectivity index (χ4n) is 1.27. The van der Waals surface area contributed by atoms with Crippen molar-refractivity contribution in [3.8, 4) is 0 Å². The zero-order valence-electron chi connectivity index (χ0n) is 8.04. The van der Waals surface area contributed by atoms with Crippen LogP contribution in [0.2, 0.25) is 0 Å². The summed E-state index contributed by atoms with van der Waals surface area (Å²) in [6.07, 6.45) is 3.35. The number of imidazole rings is 1. The van der Waals surface area contributed by atoms with Crippen LogP contribution in [-0.4, -0.2) is 31.4 Å². The molecule has 0 amide bonds. The van der Waals surface area contributed by atoms with Crippen molar-refractivity contribution in [2.24, 2.45) is 7.05 Å². The van der Waals surface area contributed by atoms with Gasteiger partial charge < -0.3 is 9.67 Å². The number of carboxylic acid groups (broad SMARTS) is 1. The first kappa shape index (κ1) is 9.97. The third-order valence-corrected chi connectivity index (χ3v) is 2.91. The SMILES string of the molecule is Cn1cnc2c(SCC(=O)O)nccc21. The number of rotatable bonds is 3. The molecule has 6 heteroatoms. The molecule has 0 aliphatic heterocycles. The van der Waals surface area contributed by atoms with Gasteiger partial charge in [-0.05, 0) is 6.07 Å². The maximum absolute atomic E-state index is 10.4. The highest BCUT2D eigenvalue weighted by molar-refractivity contribution is 8.00. The number of nitrogens with zero attached hydrogens (tertiary/aromatic N) is 3. The Kier molecular flexibility index (Phi) is 2.59. The Morgan fingerprint density at radius 2 is 2.40 bits per heavy atom. The molecule has 0 aromatic carbocycles. The van der Waals surface area contributed by atoms with Crippen LogP contribution >= 0.6 is 11.8 Å². The molecule has 0 radical (unpaired) electrons. The molecule has 0 aliphatic rings.